The molecule has 0 amide bonds. The maximum absolute atomic E-state index is 11.5. The van der Waals surface area contributed by atoms with Crippen LogP contribution in [0.15, 0.2) is 9.21 Å². The van der Waals surface area contributed by atoms with Crippen molar-refractivity contribution in [2.75, 3.05) is 0 Å². The first-order valence-corrected chi connectivity index (χ1v) is 4.25. The molecule has 4 heteroatoms. The van der Waals surface area contributed by atoms with E-state index in [1.807, 2.05) is 0 Å². The van der Waals surface area contributed by atoms with Crippen LogP contribution >= 0.6 is 0 Å². The smallest absolute Gasteiger partial charge is 0.311 e. The number of hydrogen-bond donors (Lipinski definition) is 1. The van der Waals surface area contributed by atoms with Crippen molar-refractivity contribution in [3.8, 4) is 0 Å². The van der Waals surface area contributed by atoms with E-state index in [9.17, 15) is 9.59 Å². The summed E-state index contributed by atoms with van der Waals surface area (Å²) < 4.78 is 5.25. The van der Waals surface area contributed by atoms with Gasteiger partial charge in [0.2, 0.25) is 0 Å². The molecule has 0 unspecified atom stereocenters. The normalized spacial score (nSPS) is 10.2. The summed E-state index contributed by atoms with van der Waals surface area (Å²) in [5.74, 6) is -0.276. The van der Waals surface area contributed by atoms with E-state index in [1.54, 1.807) is 20.8 Å². The van der Waals surface area contributed by atoms with Crippen molar-refractivity contribution in [1.82, 2.24) is 0 Å². The molecule has 0 aromatic carbocycles. The second kappa shape index (κ2) is 3.65. The second-order valence-corrected chi connectivity index (χ2v) is 3.23. The summed E-state index contributed by atoms with van der Waals surface area (Å²) >= 11 is 0. The highest BCUT2D eigenvalue weighted by molar-refractivity contribution is 5.69. The average molecular weight is 196 g/mol. The van der Waals surface area contributed by atoms with E-state index < -0.39 is 5.97 Å². The minimum Gasteiger partial charge on any atom is -0.481 e. The van der Waals surface area contributed by atoms with Crippen molar-refractivity contribution in [3.63, 3.8) is 0 Å². The third-order valence-electron chi connectivity index (χ3n) is 2.22. The highest BCUT2D eigenvalue weighted by Crippen LogP contribution is 2.10. The Bertz CT molecular complexity index is 428. The van der Waals surface area contributed by atoms with Crippen molar-refractivity contribution in [3.05, 3.63) is 32.9 Å². The third-order valence-corrected chi connectivity index (χ3v) is 2.22. The Balaban J connectivity index is 3.33. The standard InChI is InChI=1S/C10H12O4/c1-5-7(3)14-8(4-9(11)12)6(2)10(5)13/h4H2,1-3H3,(H,11,12). The summed E-state index contributed by atoms with van der Waals surface area (Å²) in [5.41, 5.74) is 0.789. The first-order chi connectivity index (χ1) is 6.43. The minimum absolute atomic E-state index is 0.134. The molecule has 1 rings (SSSR count). The Kier molecular flexibility index (Phi) is 2.74. The molecule has 4 nitrogen and oxygen atoms in total. The van der Waals surface area contributed by atoms with Crippen LogP contribution in [-0.2, 0) is 11.2 Å². The van der Waals surface area contributed by atoms with E-state index in [-0.39, 0.29) is 17.6 Å². The molecule has 14 heavy (non-hydrogen) atoms. The average Bonchev–Trinajstić information content (AvgIpc) is 2.10. The van der Waals surface area contributed by atoms with E-state index >= 15 is 0 Å². The van der Waals surface area contributed by atoms with Crippen LogP contribution in [0.1, 0.15) is 22.6 Å². The molecule has 0 aliphatic heterocycles. The van der Waals surface area contributed by atoms with Gasteiger partial charge < -0.3 is 9.52 Å². The Labute approximate surface area is 81.2 Å². The molecule has 0 aliphatic rings. The SMILES string of the molecule is Cc1oc(CC(=O)O)c(C)c(=O)c1C. The number of carboxylic acids is 1. The predicted octanol–water partition coefficient (Wildman–Crippen LogP) is 1.19. The maximum Gasteiger partial charge on any atom is 0.311 e. The number of aliphatic carboxylic acids is 1. The van der Waals surface area contributed by atoms with Crippen LogP contribution < -0.4 is 5.43 Å². The summed E-state index contributed by atoms with van der Waals surface area (Å²) in [6, 6.07) is 0. The lowest BCUT2D eigenvalue weighted by atomic mass is 10.1. The van der Waals surface area contributed by atoms with Crippen molar-refractivity contribution < 1.29 is 14.3 Å². The van der Waals surface area contributed by atoms with E-state index in [1.165, 1.54) is 0 Å². The molecule has 0 saturated heterocycles. The Morgan fingerprint density at radius 3 is 2.36 bits per heavy atom. The van der Waals surface area contributed by atoms with E-state index in [4.69, 9.17) is 9.52 Å². The molecule has 0 saturated carbocycles. The molecule has 0 spiro atoms. The molecule has 76 valence electrons. The maximum atomic E-state index is 11.5. The summed E-state index contributed by atoms with van der Waals surface area (Å²) in [7, 11) is 0. The fourth-order valence-electron chi connectivity index (χ4n) is 1.21. The van der Waals surface area contributed by atoms with Crippen LogP contribution in [0.4, 0.5) is 0 Å². The van der Waals surface area contributed by atoms with E-state index in [0.717, 1.165) is 0 Å². The minimum atomic E-state index is -1.00. The second-order valence-electron chi connectivity index (χ2n) is 3.23. The summed E-state index contributed by atoms with van der Waals surface area (Å²) in [6.45, 7) is 4.90. The Hall–Kier alpha value is -1.58. The van der Waals surface area contributed by atoms with Crippen LogP contribution in [0.2, 0.25) is 0 Å². The summed E-state index contributed by atoms with van der Waals surface area (Å²) in [4.78, 5) is 22.0. The van der Waals surface area contributed by atoms with Crippen LogP contribution in [0.3, 0.4) is 0 Å². The van der Waals surface area contributed by atoms with Gasteiger partial charge >= 0.3 is 5.97 Å². The Morgan fingerprint density at radius 2 is 1.86 bits per heavy atom. The number of hydrogen-bond acceptors (Lipinski definition) is 3. The molecule has 0 atom stereocenters. The number of carbonyl (C=O) groups is 1. The zero-order chi connectivity index (χ0) is 10.9. The van der Waals surface area contributed by atoms with Gasteiger partial charge in [0.25, 0.3) is 0 Å². The Morgan fingerprint density at radius 1 is 1.29 bits per heavy atom. The molecule has 1 N–H and O–H groups in total. The zero-order valence-corrected chi connectivity index (χ0v) is 8.38. The highest BCUT2D eigenvalue weighted by atomic mass is 16.4. The van der Waals surface area contributed by atoms with Gasteiger partial charge in [-0.2, -0.15) is 0 Å². The van der Waals surface area contributed by atoms with Gasteiger partial charge in [0.15, 0.2) is 5.43 Å². The molecule has 0 fully saturated rings. The molecule has 1 aromatic heterocycles. The topological polar surface area (TPSA) is 67.5 Å². The monoisotopic (exact) mass is 196 g/mol. The fourth-order valence-corrected chi connectivity index (χ4v) is 1.21. The first-order valence-electron chi connectivity index (χ1n) is 4.25. The van der Waals surface area contributed by atoms with Crippen LogP contribution in [0.25, 0.3) is 0 Å². The van der Waals surface area contributed by atoms with Crippen molar-refractivity contribution >= 4 is 5.97 Å². The molecular weight excluding hydrogens is 184 g/mol. The summed E-state index contributed by atoms with van der Waals surface area (Å²) in [5, 5.41) is 8.58. The van der Waals surface area contributed by atoms with Crippen LogP contribution in [-0.4, -0.2) is 11.1 Å². The van der Waals surface area contributed by atoms with E-state index in [2.05, 4.69) is 0 Å². The van der Waals surface area contributed by atoms with Crippen molar-refractivity contribution in [2.24, 2.45) is 0 Å². The van der Waals surface area contributed by atoms with Crippen molar-refractivity contribution in [2.45, 2.75) is 27.2 Å². The lowest BCUT2D eigenvalue weighted by Crippen LogP contribution is -2.15. The van der Waals surface area contributed by atoms with Gasteiger partial charge in [-0.1, -0.05) is 0 Å². The van der Waals surface area contributed by atoms with Gasteiger partial charge in [-0.25, -0.2) is 0 Å². The number of carboxylic acid groups (broad SMARTS) is 1. The predicted molar refractivity (Wildman–Crippen MR) is 50.5 cm³/mol. The third kappa shape index (κ3) is 1.84. The summed E-state index contributed by atoms with van der Waals surface area (Å²) in [6.07, 6.45) is -0.248. The largest absolute Gasteiger partial charge is 0.481 e. The van der Waals surface area contributed by atoms with Gasteiger partial charge in [-0.15, -0.1) is 0 Å². The van der Waals surface area contributed by atoms with Gasteiger partial charge in [0.1, 0.15) is 17.9 Å². The first kappa shape index (κ1) is 10.5. The molecule has 1 heterocycles. The lowest BCUT2D eigenvalue weighted by Gasteiger charge is -2.05. The van der Waals surface area contributed by atoms with Gasteiger partial charge in [0.05, 0.1) is 0 Å². The highest BCUT2D eigenvalue weighted by Gasteiger charge is 2.13. The fraction of sp³-hybridized carbons (Fsp3) is 0.400. The van der Waals surface area contributed by atoms with Crippen LogP contribution in [0.5, 0.6) is 0 Å². The lowest BCUT2D eigenvalue weighted by molar-refractivity contribution is -0.136. The molecule has 1 aromatic rings. The zero-order valence-electron chi connectivity index (χ0n) is 8.38. The molecule has 0 aliphatic carbocycles. The van der Waals surface area contributed by atoms with Crippen molar-refractivity contribution in [1.29, 1.82) is 0 Å². The molecule has 0 bridgehead atoms. The van der Waals surface area contributed by atoms with Gasteiger partial charge in [0, 0.05) is 11.1 Å². The van der Waals surface area contributed by atoms with Gasteiger partial charge in [-0.05, 0) is 20.8 Å². The van der Waals surface area contributed by atoms with E-state index in [0.29, 0.717) is 16.9 Å². The molecular formula is C10H12O4. The van der Waals surface area contributed by atoms with Crippen LogP contribution in [0, 0.1) is 20.8 Å². The number of rotatable bonds is 2. The quantitative estimate of drug-likeness (QED) is 0.771. The molecule has 0 radical (unpaired) electrons. The number of aryl methyl sites for hydroxylation is 1. The van der Waals surface area contributed by atoms with Gasteiger partial charge in [-0.3, -0.25) is 9.59 Å².